The molecule has 17 heavy (non-hydrogen) atoms. The van der Waals surface area contributed by atoms with Gasteiger partial charge in [0.05, 0.1) is 0 Å². The van der Waals surface area contributed by atoms with Crippen LogP contribution in [0.5, 0.6) is 0 Å². The number of rotatable bonds is 5. The molecule has 0 aliphatic carbocycles. The van der Waals surface area contributed by atoms with Crippen LogP contribution in [0, 0.1) is 0 Å². The van der Waals surface area contributed by atoms with Gasteiger partial charge in [0.2, 0.25) is 0 Å². The largest absolute Gasteiger partial charge is 0.483 e. The molecule has 0 amide bonds. The lowest BCUT2D eigenvalue weighted by atomic mass is 10.3. The van der Waals surface area contributed by atoms with E-state index in [1.807, 2.05) is 0 Å². The SMILES string of the molecule is C=C(C)C(=O)OC(F)(F)C(F)(F)NS(=O)(=O)F. The van der Waals surface area contributed by atoms with Crippen LogP contribution in [-0.4, -0.2) is 26.5 Å². The standard InChI is InChI=1S/C6H6F5NO4S/c1-3(2)4(13)16-6(9,10)5(7,8)12-17(11,14)15/h12H,1H2,2H3. The zero-order valence-corrected chi connectivity index (χ0v) is 8.95. The van der Waals surface area contributed by atoms with Gasteiger partial charge in [-0.25, -0.2) is 4.79 Å². The van der Waals surface area contributed by atoms with Gasteiger partial charge in [-0.1, -0.05) is 10.5 Å². The number of carbonyl (C=O) groups excluding carboxylic acids is 1. The van der Waals surface area contributed by atoms with Gasteiger partial charge in [-0.15, -0.1) is 4.72 Å². The lowest BCUT2D eigenvalue weighted by Gasteiger charge is -2.24. The number of esters is 1. The van der Waals surface area contributed by atoms with Crippen molar-refractivity contribution >= 4 is 16.4 Å². The number of hydrogen-bond donors (Lipinski definition) is 1. The first kappa shape index (κ1) is 15.8. The van der Waals surface area contributed by atoms with Crippen molar-refractivity contribution < 1.29 is 39.4 Å². The van der Waals surface area contributed by atoms with Crippen molar-refractivity contribution in [2.45, 2.75) is 19.1 Å². The van der Waals surface area contributed by atoms with Gasteiger partial charge in [-0.3, -0.25) is 0 Å². The maximum Gasteiger partial charge on any atom is 0.483 e. The van der Waals surface area contributed by atoms with E-state index in [0.29, 0.717) is 0 Å². The Kier molecular flexibility index (Phi) is 4.23. The van der Waals surface area contributed by atoms with Crippen molar-refractivity contribution in [1.29, 1.82) is 0 Å². The Bertz CT molecular complexity index is 432. The fraction of sp³-hybridized carbons (Fsp3) is 0.500. The fourth-order valence-corrected chi connectivity index (χ4v) is 0.905. The number of alkyl halides is 4. The molecule has 0 atom stereocenters. The highest BCUT2D eigenvalue weighted by molar-refractivity contribution is 7.84. The minimum Gasteiger partial charge on any atom is -0.392 e. The average molecular weight is 283 g/mol. The van der Waals surface area contributed by atoms with Gasteiger partial charge in [0.15, 0.2) is 0 Å². The normalized spacial score (nSPS) is 13.3. The molecule has 0 fully saturated rings. The van der Waals surface area contributed by atoms with Crippen LogP contribution in [0.25, 0.3) is 0 Å². The van der Waals surface area contributed by atoms with Crippen molar-refractivity contribution in [3.05, 3.63) is 12.2 Å². The van der Waals surface area contributed by atoms with E-state index in [2.05, 4.69) is 11.3 Å². The molecular weight excluding hydrogens is 277 g/mol. The van der Waals surface area contributed by atoms with Gasteiger partial charge in [0.1, 0.15) is 0 Å². The Hall–Kier alpha value is -1.23. The van der Waals surface area contributed by atoms with Crippen LogP contribution in [0.2, 0.25) is 0 Å². The van der Waals surface area contributed by atoms with Crippen molar-refractivity contribution in [2.75, 3.05) is 0 Å². The second-order valence-corrected chi connectivity index (χ2v) is 3.88. The summed E-state index contributed by atoms with van der Waals surface area (Å²) < 4.78 is 84.3. The first-order valence-electron chi connectivity index (χ1n) is 3.66. The third-order valence-corrected chi connectivity index (χ3v) is 1.69. The molecule has 100 valence electrons. The zero-order valence-electron chi connectivity index (χ0n) is 8.14. The third kappa shape index (κ3) is 4.65. The summed E-state index contributed by atoms with van der Waals surface area (Å²) in [6.45, 7) is 3.72. The number of ether oxygens (including phenoxy) is 1. The molecule has 0 saturated heterocycles. The lowest BCUT2D eigenvalue weighted by molar-refractivity contribution is -0.333. The molecule has 0 aromatic rings. The Labute approximate surface area is 92.6 Å². The topological polar surface area (TPSA) is 72.5 Å². The van der Waals surface area contributed by atoms with E-state index < -0.39 is 34.1 Å². The lowest BCUT2D eigenvalue weighted by Crippen LogP contribution is -2.55. The van der Waals surface area contributed by atoms with Crippen LogP contribution in [0.4, 0.5) is 21.4 Å². The zero-order chi connectivity index (χ0) is 14.1. The van der Waals surface area contributed by atoms with Crippen LogP contribution in [0.3, 0.4) is 0 Å². The molecule has 11 heteroatoms. The molecule has 0 radical (unpaired) electrons. The summed E-state index contributed by atoms with van der Waals surface area (Å²) in [6, 6.07) is -5.63. The summed E-state index contributed by atoms with van der Waals surface area (Å²) in [5.41, 5.74) is -0.636. The molecule has 0 unspecified atom stereocenters. The van der Waals surface area contributed by atoms with Gasteiger partial charge in [0, 0.05) is 5.57 Å². The minimum atomic E-state index is -6.11. The van der Waals surface area contributed by atoms with E-state index in [1.165, 1.54) is 0 Å². The summed E-state index contributed by atoms with van der Waals surface area (Å²) in [7, 11) is -6.11. The summed E-state index contributed by atoms with van der Waals surface area (Å²) in [5, 5.41) is 0. The van der Waals surface area contributed by atoms with Gasteiger partial charge in [-0.2, -0.15) is 26.0 Å². The highest BCUT2D eigenvalue weighted by Gasteiger charge is 2.63. The quantitative estimate of drug-likeness (QED) is 0.269. The van der Waals surface area contributed by atoms with Gasteiger partial charge < -0.3 is 4.74 Å². The van der Waals surface area contributed by atoms with Crippen molar-refractivity contribution in [3.8, 4) is 0 Å². The molecule has 0 aromatic carbocycles. The highest BCUT2D eigenvalue weighted by atomic mass is 32.3. The second kappa shape index (κ2) is 4.56. The van der Waals surface area contributed by atoms with E-state index in [0.717, 1.165) is 6.92 Å². The Balaban J connectivity index is 5.03. The number of nitrogens with one attached hydrogen (secondary N) is 1. The average Bonchev–Trinajstić information content (AvgIpc) is 1.97. The summed E-state index contributed by atoms with van der Waals surface area (Å²) in [5.74, 6) is -1.90. The predicted molar refractivity (Wildman–Crippen MR) is 44.0 cm³/mol. The first-order chi connectivity index (χ1) is 7.28. The number of hydrogen-bond acceptors (Lipinski definition) is 4. The molecule has 0 aliphatic heterocycles. The molecule has 0 aliphatic rings. The summed E-state index contributed by atoms with van der Waals surface area (Å²) >= 11 is 0. The Morgan fingerprint density at radius 1 is 1.29 bits per heavy atom. The summed E-state index contributed by atoms with van der Waals surface area (Å²) in [4.78, 5) is 10.6. The maximum atomic E-state index is 12.6. The second-order valence-electron chi connectivity index (χ2n) is 2.80. The molecule has 0 heterocycles. The molecule has 0 saturated carbocycles. The Morgan fingerprint density at radius 3 is 2.00 bits per heavy atom. The summed E-state index contributed by atoms with van der Waals surface area (Å²) in [6.07, 6.45) is -5.57. The van der Waals surface area contributed by atoms with Crippen molar-refractivity contribution in [1.82, 2.24) is 4.72 Å². The third-order valence-electron chi connectivity index (χ3n) is 1.18. The predicted octanol–water partition coefficient (Wildman–Crippen LogP) is 1.10. The number of halogens is 5. The molecule has 1 N–H and O–H groups in total. The van der Waals surface area contributed by atoms with E-state index in [4.69, 9.17) is 0 Å². The maximum absolute atomic E-state index is 12.6. The van der Waals surface area contributed by atoms with E-state index in [1.54, 1.807) is 0 Å². The van der Waals surface area contributed by atoms with Gasteiger partial charge in [-0.05, 0) is 6.92 Å². The molecule has 0 aromatic heterocycles. The molecule has 0 bridgehead atoms. The molecule has 0 rings (SSSR count). The highest BCUT2D eigenvalue weighted by Crippen LogP contribution is 2.34. The van der Waals surface area contributed by atoms with Crippen LogP contribution >= 0.6 is 0 Å². The first-order valence-corrected chi connectivity index (χ1v) is 5.05. The molecular formula is C6H6F5NO4S. The molecule has 5 nitrogen and oxygen atoms in total. The Morgan fingerprint density at radius 2 is 1.71 bits per heavy atom. The van der Waals surface area contributed by atoms with E-state index in [-0.39, 0.29) is 4.72 Å². The van der Waals surface area contributed by atoms with Crippen molar-refractivity contribution in [2.24, 2.45) is 0 Å². The molecule has 0 spiro atoms. The minimum absolute atomic E-state index is 0.305. The van der Waals surface area contributed by atoms with E-state index in [9.17, 15) is 34.7 Å². The smallest absolute Gasteiger partial charge is 0.392 e. The van der Waals surface area contributed by atoms with Crippen LogP contribution in [0.1, 0.15) is 6.92 Å². The van der Waals surface area contributed by atoms with Crippen molar-refractivity contribution in [3.63, 3.8) is 0 Å². The van der Waals surface area contributed by atoms with Crippen LogP contribution in [-0.2, 0) is 19.9 Å². The van der Waals surface area contributed by atoms with E-state index >= 15 is 0 Å². The van der Waals surface area contributed by atoms with Gasteiger partial charge >= 0.3 is 28.5 Å². The fourth-order valence-electron chi connectivity index (χ4n) is 0.480. The van der Waals surface area contributed by atoms with Crippen LogP contribution in [0.15, 0.2) is 12.2 Å². The van der Waals surface area contributed by atoms with Gasteiger partial charge in [0.25, 0.3) is 0 Å². The van der Waals surface area contributed by atoms with Crippen LogP contribution < -0.4 is 4.72 Å². The number of carbonyl (C=O) groups is 1. The monoisotopic (exact) mass is 283 g/mol.